The molecule has 1 aliphatic rings. The molecule has 1 fully saturated rings. The molecule has 0 amide bonds. The number of rotatable bonds is 5. The minimum absolute atomic E-state index is 0.266. The predicted octanol–water partition coefficient (Wildman–Crippen LogP) is 6.33. The minimum atomic E-state index is 0.266. The summed E-state index contributed by atoms with van der Waals surface area (Å²) in [5.74, 6) is 1.07. The van der Waals surface area contributed by atoms with Crippen molar-refractivity contribution in [2.24, 2.45) is 0 Å². The Hall–Kier alpha value is -3.06. The average molecular weight is 469 g/mol. The summed E-state index contributed by atoms with van der Waals surface area (Å²) >= 11 is 3.48. The van der Waals surface area contributed by atoms with Crippen LogP contribution in [-0.4, -0.2) is 41.0 Å². The van der Waals surface area contributed by atoms with Gasteiger partial charge in [-0.25, -0.2) is 9.97 Å². The molecule has 6 rings (SSSR count). The maximum atomic E-state index is 4.77. The van der Waals surface area contributed by atoms with Crippen molar-refractivity contribution in [1.82, 2.24) is 14.9 Å². The fourth-order valence-electron chi connectivity index (χ4n) is 4.79. The molecule has 0 bridgehead atoms. The Labute approximate surface area is 201 Å². The second kappa shape index (κ2) is 9.06. The standard InChI is InChI=1S/C27H24N4S2/c1-3-8-20(9-4-1)25(21-10-5-2-6-11-21)30-13-15-31(16-14-30)26-24-22(23-12-7-17-32-23)18-33-27(24)29-19-28-26/h1-12,17-19,25H,13-16H2. The van der Waals surface area contributed by atoms with Crippen LogP contribution in [0.2, 0.25) is 0 Å². The summed E-state index contributed by atoms with van der Waals surface area (Å²) in [6, 6.07) is 26.3. The van der Waals surface area contributed by atoms with E-state index < -0.39 is 0 Å². The van der Waals surface area contributed by atoms with Crippen LogP contribution >= 0.6 is 22.7 Å². The summed E-state index contributed by atoms with van der Waals surface area (Å²) in [5.41, 5.74) is 3.95. The molecule has 0 N–H and O–H groups in total. The van der Waals surface area contributed by atoms with Crippen molar-refractivity contribution >= 4 is 38.7 Å². The first-order valence-electron chi connectivity index (χ1n) is 11.2. The highest BCUT2D eigenvalue weighted by Crippen LogP contribution is 2.40. The number of thiophene rings is 2. The van der Waals surface area contributed by atoms with Crippen molar-refractivity contribution in [3.63, 3.8) is 0 Å². The third kappa shape index (κ3) is 3.95. The molecule has 3 aromatic heterocycles. The SMILES string of the molecule is c1ccc(C(c2ccccc2)N2CCN(c3ncnc4scc(-c5cccs5)c34)CC2)cc1. The molecule has 0 radical (unpaired) electrons. The molecule has 6 heteroatoms. The summed E-state index contributed by atoms with van der Waals surface area (Å²) in [5, 5.41) is 5.56. The summed E-state index contributed by atoms with van der Waals surface area (Å²) in [6.45, 7) is 3.86. The van der Waals surface area contributed by atoms with E-state index in [9.17, 15) is 0 Å². The van der Waals surface area contributed by atoms with Gasteiger partial charge in [-0.3, -0.25) is 4.90 Å². The molecule has 1 saturated heterocycles. The lowest BCUT2D eigenvalue weighted by atomic mass is 9.96. The summed E-state index contributed by atoms with van der Waals surface area (Å²) < 4.78 is 0. The molecule has 0 aliphatic carbocycles. The Morgan fingerprint density at radius 3 is 2.06 bits per heavy atom. The van der Waals surface area contributed by atoms with Gasteiger partial charge in [0.1, 0.15) is 17.0 Å². The summed E-state index contributed by atoms with van der Waals surface area (Å²) in [4.78, 5) is 16.7. The number of hydrogen-bond donors (Lipinski definition) is 0. The van der Waals surface area contributed by atoms with Crippen LogP contribution in [0.3, 0.4) is 0 Å². The topological polar surface area (TPSA) is 32.3 Å². The lowest BCUT2D eigenvalue weighted by Gasteiger charge is -2.40. The van der Waals surface area contributed by atoms with E-state index in [1.54, 1.807) is 29.0 Å². The van der Waals surface area contributed by atoms with E-state index >= 15 is 0 Å². The zero-order valence-corrected chi connectivity index (χ0v) is 19.8. The number of nitrogens with zero attached hydrogens (tertiary/aromatic N) is 4. The van der Waals surface area contributed by atoms with E-state index in [-0.39, 0.29) is 6.04 Å². The van der Waals surface area contributed by atoms with Crippen molar-refractivity contribution in [3.05, 3.63) is 101 Å². The van der Waals surface area contributed by atoms with Gasteiger partial charge < -0.3 is 4.90 Å². The fraction of sp³-hybridized carbons (Fsp3) is 0.185. The lowest BCUT2D eigenvalue weighted by Crippen LogP contribution is -2.48. The van der Waals surface area contributed by atoms with Crippen LogP contribution in [-0.2, 0) is 0 Å². The molecule has 4 heterocycles. The minimum Gasteiger partial charge on any atom is -0.353 e. The molecule has 0 unspecified atom stereocenters. The van der Waals surface area contributed by atoms with Gasteiger partial charge in [0.25, 0.3) is 0 Å². The van der Waals surface area contributed by atoms with Gasteiger partial charge in [-0.15, -0.1) is 22.7 Å². The Morgan fingerprint density at radius 1 is 0.727 bits per heavy atom. The number of fused-ring (bicyclic) bond motifs is 1. The Kier molecular flexibility index (Phi) is 5.64. The number of hydrogen-bond acceptors (Lipinski definition) is 6. The molecular weight excluding hydrogens is 444 g/mol. The molecule has 5 aromatic rings. The van der Waals surface area contributed by atoms with Gasteiger partial charge >= 0.3 is 0 Å². The Bertz CT molecular complexity index is 1290. The van der Waals surface area contributed by atoms with Crippen LogP contribution in [0, 0.1) is 0 Å². The number of piperazine rings is 1. The molecule has 2 aromatic carbocycles. The normalized spacial score (nSPS) is 14.9. The summed E-state index contributed by atoms with van der Waals surface area (Å²) in [7, 11) is 0. The monoisotopic (exact) mass is 468 g/mol. The smallest absolute Gasteiger partial charge is 0.141 e. The van der Waals surface area contributed by atoms with E-state index in [1.807, 2.05) is 0 Å². The predicted molar refractivity (Wildman–Crippen MR) is 139 cm³/mol. The average Bonchev–Trinajstić information content (AvgIpc) is 3.56. The Morgan fingerprint density at radius 2 is 1.42 bits per heavy atom. The highest BCUT2D eigenvalue weighted by Gasteiger charge is 2.28. The lowest BCUT2D eigenvalue weighted by molar-refractivity contribution is 0.212. The van der Waals surface area contributed by atoms with E-state index in [1.165, 1.54) is 27.0 Å². The van der Waals surface area contributed by atoms with Crippen molar-refractivity contribution in [1.29, 1.82) is 0 Å². The van der Waals surface area contributed by atoms with Gasteiger partial charge in [0, 0.05) is 42.0 Å². The van der Waals surface area contributed by atoms with Crippen molar-refractivity contribution in [2.45, 2.75) is 6.04 Å². The van der Waals surface area contributed by atoms with Crippen LogP contribution in [0.5, 0.6) is 0 Å². The Balaban J connectivity index is 1.30. The molecule has 0 spiro atoms. The largest absolute Gasteiger partial charge is 0.353 e. The van der Waals surface area contributed by atoms with Gasteiger partial charge in [-0.05, 0) is 22.6 Å². The maximum absolute atomic E-state index is 4.77. The zero-order valence-electron chi connectivity index (χ0n) is 18.2. The number of aromatic nitrogens is 2. The number of benzene rings is 2. The van der Waals surface area contributed by atoms with Gasteiger partial charge in [0.2, 0.25) is 0 Å². The van der Waals surface area contributed by atoms with E-state index in [4.69, 9.17) is 4.98 Å². The highest BCUT2D eigenvalue weighted by molar-refractivity contribution is 7.18. The molecule has 0 atom stereocenters. The first-order chi connectivity index (χ1) is 16.4. The second-order valence-corrected chi connectivity index (χ2v) is 10.1. The third-order valence-corrected chi connectivity index (χ3v) is 8.14. The van der Waals surface area contributed by atoms with Crippen molar-refractivity contribution in [2.75, 3.05) is 31.1 Å². The van der Waals surface area contributed by atoms with Crippen molar-refractivity contribution < 1.29 is 0 Å². The molecular formula is C27H24N4S2. The van der Waals surface area contributed by atoms with Crippen LogP contribution in [0.4, 0.5) is 5.82 Å². The highest BCUT2D eigenvalue weighted by atomic mass is 32.1. The third-order valence-electron chi connectivity index (χ3n) is 6.35. The van der Waals surface area contributed by atoms with E-state index in [0.29, 0.717) is 0 Å². The van der Waals surface area contributed by atoms with Crippen LogP contribution in [0.1, 0.15) is 17.2 Å². The first kappa shape index (κ1) is 20.5. The van der Waals surface area contributed by atoms with Crippen LogP contribution < -0.4 is 4.90 Å². The second-order valence-electron chi connectivity index (χ2n) is 8.25. The van der Waals surface area contributed by atoms with Gasteiger partial charge in [0.05, 0.1) is 11.4 Å². The molecule has 33 heavy (non-hydrogen) atoms. The fourth-order valence-corrected chi connectivity index (χ4v) is 6.51. The van der Waals surface area contributed by atoms with Gasteiger partial charge in [0.15, 0.2) is 0 Å². The molecule has 164 valence electrons. The first-order valence-corrected chi connectivity index (χ1v) is 13.0. The van der Waals surface area contributed by atoms with Crippen LogP contribution in [0.25, 0.3) is 20.7 Å². The van der Waals surface area contributed by atoms with Crippen LogP contribution in [0.15, 0.2) is 89.9 Å². The van der Waals surface area contributed by atoms with E-state index in [2.05, 4.69) is 98.3 Å². The zero-order chi connectivity index (χ0) is 22.0. The quantitative estimate of drug-likeness (QED) is 0.302. The summed E-state index contributed by atoms with van der Waals surface area (Å²) in [6.07, 6.45) is 1.72. The van der Waals surface area contributed by atoms with Gasteiger partial charge in [-0.2, -0.15) is 0 Å². The maximum Gasteiger partial charge on any atom is 0.141 e. The van der Waals surface area contributed by atoms with E-state index in [0.717, 1.165) is 36.8 Å². The number of anilines is 1. The molecule has 1 aliphatic heterocycles. The molecule has 0 saturated carbocycles. The van der Waals surface area contributed by atoms with Gasteiger partial charge in [-0.1, -0.05) is 66.7 Å². The van der Waals surface area contributed by atoms with Crippen molar-refractivity contribution in [3.8, 4) is 10.4 Å². The molecule has 4 nitrogen and oxygen atoms in total.